The number of nitrogens with one attached hydrogen (secondary N) is 1. The third-order valence-corrected chi connectivity index (χ3v) is 6.95. The van der Waals surface area contributed by atoms with Crippen molar-refractivity contribution in [3.05, 3.63) is 71.0 Å². The highest BCUT2D eigenvalue weighted by Crippen LogP contribution is 2.34. The minimum Gasteiger partial charge on any atom is -0.508 e. The number of aromatic hydroxyl groups is 1. The molecule has 2 atom stereocenters. The van der Waals surface area contributed by atoms with Crippen LogP contribution in [0.3, 0.4) is 0 Å². The lowest BCUT2D eigenvalue weighted by atomic mass is 10.0. The van der Waals surface area contributed by atoms with Crippen molar-refractivity contribution in [1.82, 2.24) is 9.61 Å². The van der Waals surface area contributed by atoms with Crippen molar-refractivity contribution in [1.29, 1.82) is 0 Å². The number of methoxy groups -OCH3 is 1. The van der Waals surface area contributed by atoms with Gasteiger partial charge >= 0.3 is 0 Å². The van der Waals surface area contributed by atoms with Gasteiger partial charge in [0.25, 0.3) is 0 Å². The van der Waals surface area contributed by atoms with Crippen LogP contribution in [0.2, 0.25) is 5.02 Å². The number of anilines is 1. The van der Waals surface area contributed by atoms with Gasteiger partial charge in [0.15, 0.2) is 0 Å². The minimum absolute atomic E-state index is 0.0649. The molecule has 0 spiro atoms. The van der Waals surface area contributed by atoms with E-state index in [1.165, 1.54) is 12.1 Å². The second-order valence-electron chi connectivity index (χ2n) is 9.22. The number of amidine groups is 1. The quantitative estimate of drug-likeness (QED) is 0.216. The number of aromatic nitrogens is 2. The molecule has 0 radical (unpaired) electrons. The lowest BCUT2D eigenvalue weighted by molar-refractivity contribution is 0.414. The molecule has 0 amide bonds. The van der Waals surface area contributed by atoms with Gasteiger partial charge in [0, 0.05) is 29.9 Å². The fourth-order valence-corrected chi connectivity index (χ4v) is 4.98. The van der Waals surface area contributed by atoms with Gasteiger partial charge in [-0.3, -0.25) is 0 Å². The Labute approximate surface area is 214 Å². The van der Waals surface area contributed by atoms with Crippen LogP contribution < -0.4 is 21.5 Å². The third kappa shape index (κ3) is 4.69. The summed E-state index contributed by atoms with van der Waals surface area (Å²) in [6, 6.07) is 13.1. The predicted molar refractivity (Wildman–Crippen MR) is 145 cm³/mol. The lowest BCUT2D eigenvalue weighted by Gasteiger charge is -2.18. The summed E-state index contributed by atoms with van der Waals surface area (Å²) in [5, 5.41) is 18.3. The summed E-state index contributed by atoms with van der Waals surface area (Å²) in [4.78, 5) is 4.55. The SMILES string of the molecule is COc1ccc(-c2cc3c(N[C@@H]4CC[C@H](N)C4)c(/C(N)=N/c4ccc(O)cc4Cl)cnn3c2)c(C)c1. The van der Waals surface area contributed by atoms with Crippen LogP contribution in [0, 0.1) is 6.92 Å². The molecule has 0 saturated heterocycles. The molecule has 1 fully saturated rings. The number of aliphatic imine (C=N–C) groups is 1. The van der Waals surface area contributed by atoms with Gasteiger partial charge in [-0.2, -0.15) is 5.10 Å². The van der Waals surface area contributed by atoms with E-state index in [0.717, 1.165) is 52.9 Å². The van der Waals surface area contributed by atoms with E-state index in [4.69, 9.17) is 27.8 Å². The second kappa shape index (κ2) is 9.72. The lowest BCUT2D eigenvalue weighted by Crippen LogP contribution is -2.24. The topological polar surface area (TPSA) is 123 Å². The molecule has 0 unspecified atom stereocenters. The Morgan fingerprint density at radius 2 is 2.06 bits per heavy atom. The Morgan fingerprint density at radius 1 is 1.22 bits per heavy atom. The van der Waals surface area contributed by atoms with Gasteiger partial charge in [0.1, 0.15) is 17.3 Å². The number of phenolic OH excluding ortho intramolecular Hbond substituents is 1. The Kier molecular flexibility index (Phi) is 6.47. The van der Waals surface area contributed by atoms with Crippen LogP contribution in [0.1, 0.15) is 30.4 Å². The molecule has 36 heavy (non-hydrogen) atoms. The van der Waals surface area contributed by atoms with Crippen LogP contribution in [0.15, 0.2) is 59.9 Å². The van der Waals surface area contributed by atoms with Crippen molar-refractivity contribution in [3.63, 3.8) is 0 Å². The summed E-state index contributed by atoms with van der Waals surface area (Å²) in [6.07, 6.45) is 6.53. The molecule has 9 heteroatoms. The summed E-state index contributed by atoms with van der Waals surface area (Å²) in [5.74, 6) is 1.15. The first kappa shape index (κ1) is 24.0. The Balaban J connectivity index is 1.62. The van der Waals surface area contributed by atoms with Gasteiger partial charge in [-0.15, -0.1) is 0 Å². The van der Waals surface area contributed by atoms with Crippen molar-refractivity contribution < 1.29 is 9.84 Å². The van der Waals surface area contributed by atoms with E-state index in [0.29, 0.717) is 16.3 Å². The molecule has 1 saturated carbocycles. The zero-order valence-electron chi connectivity index (χ0n) is 20.2. The second-order valence-corrected chi connectivity index (χ2v) is 9.63. The van der Waals surface area contributed by atoms with E-state index in [-0.39, 0.29) is 23.7 Å². The molecule has 2 heterocycles. The summed E-state index contributed by atoms with van der Waals surface area (Å²) in [5.41, 5.74) is 18.8. The van der Waals surface area contributed by atoms with Gasteiger partial charge in [0.05, 0.1) is 40.8 Å². The first-order valence-electron chi connectivity index (χ1n) is 11.8. The molecule has 5 rings (SSSR count). The largest absolute Gasteiger partial charge is 0.508 e. The Hall–Kier alpha value is -3.75. The average Bonchev–Trinajstić information content (AvgIpc) is 3.47. The summed E-state index contributed by atoms with van der Waals surface area (Å²) < 4.78 is 7.21. The van der Waals surface area contributed by atoms with Gasteiger partial charge < -0.3 is 26.6 Å². The first-order valence-corrected chi connectivity index (χ1v) is 12.2. The van der Waals surface area contributed by atoms with E-state index in [1.54, 1.807) is 19.4 Å². The maximum Gasteiger partial charge on any atom is 0.135 e. The van der Waals surface area contributed by atoms with Crippen LogP contribution in [0.5, 0.6) is 11.5 Å². The van der Waals surface area contributed by atoms with Crippen molar-refractivity contribution in [2.45, 2.75) is 38.3 Å². The van der Waals surface area contributed by atoms with Crippen LogP contribution in [0.4, 0.5) is 11.4 Å². The normalized spacial score (nSPS) is 18.1. The molecule has 0 bridgehead atoms. The Bertz CT molecular complexity index is 1460. The highest BCUT2D eigenvalue weighted by atomic mass is 35.5. The molecular formula is C27H29ClN6O2. The summed E-state index contributed by atoms with van der Waals surface area (Å²) in [6.45, 7) is 2.06. The predicted octanol–water partition coefficient (Wildman–Crippen LogP) is 5.01. The number of phenols is 1. The van der Waals surface area contributed by atoms with Crippen LogP contribution in [-0.2, 0) is 0 Å². The fourth-order valence-electron chi connectivity index (χ4n) is 4.77. The van der Waals surface area contributed by atoms with E-state index in [9.17, 15) is 5.11 Å². The summed E-state index contributed by atoms with van der Waals surface area (Å²) >= 11 is 6.28. The number of ether oxygens (including phenoxy) is 1. The Morgan fingerprint density at radius 3 is 2.75 bits per heavy atom. The van der Waals surface area contributed by atoms with Crippen LogP contribution >= 0.6 is 11.6 Å². The van der Waals surface area contributed by atoms with Gasteiger partial charge in [-0.25, -0.2) is 9.51 Å². The highest BCUT2D eigenvalue weighted by molar-refractivity contribution is 6.33. The van der Waals surface area contributed by atoms with E-state index in [2.05, 4.69) is 34.5 Å². The molecule has 4 aromatic rings. The fraction of sp³-hybridized carbons (Fsp3) is 0.259. The number of aryl methyl sites for hydroxylation is 1. The molecular weight excluding hydrogens is 476 g/mol. The molecule has 6 N–H and O–H groups in total. The smallest absolute Gasteiger partial charge is 0.135 e. The number of hydrogen-bond acceptors (Lipinski definition) is 6. The number of rotatable bonds is 6. The van der Waals surface area contributed by atoms with Gasteiger partial charge in [-0.1, -0.05) is 17.7 Å². The molecule has 0 aliphatic heterocycles. The number of hydrogen-bond donors (Lipinski definition) is 4. The molecule has 1 aliphatic rings. The highest BCUT2D eigenvalue weighted by Gasteiger charge is 2.24. The monoisotopic (exact) mass is 504 g/mol. The van der Waals surface area contributed by atoms with Crippen molar-refractivity contribution >= 4 is 34.3 Å². The number of nitrogens with zero attached hydrogens (tertiary/aromatic N) is 3. The van der Waals surface area contributed by atoms with Gasteiger partial charge in [0.2, 0.25) is 0 Å². The van der Waals surface area contributed by atoms with Crippen molar-refractivity contribution in [3.8, 4) is 22.6 Å². The van der Waals surface area contributed by atoms with Crippen molar-refractivity contribution in [2.24, 2.45) is 16.5 Å². The molecule has 1 aliphatic carbocycles. The number of fused-ring (bicyclic) bond motifs is 1. The zero-order chi connectivity index (χ0) is 25.4. The number of benzene rings is 2. The molecule has 8 nitrogen and oxygen atoms in total. The molecule has 2 aromatic carbocycles. The summed E-state index contributed by atoms with van der Waals surface area (Å²) in [7, 11) is 1.66. The number of halogens is 1. The maximum atomic E-state index is 9.67. The van der Waals surface area contributed by atoms with E-state index in [1.807, 2.05) is 22.8 Å². The first-order chi connectivity index (χ1) is 17.3. The maximum absolute atomic E-state index is 9.67. The standard InChI is InChI=1S/C27H29ClN6O2/c1-15-9-20(36-2)6-7-21(15)16-10-25-26(32-18-4-3-17(29)11-18)22(13-31-34(25)14-16)27(30)33-24-8-5-19(35)12-23(24)28/h5-10,12-14,17-18,32,35H,3-4,11,29H2,1-2H3,(H2,30,33)/t17-,18+/m0/s1. The van der Waals surface area contributed by atoms with Crippen LogP contribution in [-0.4, -0.2) is 39.7 Å². The van der Waals surface area contributed by atoms with Gasteiger partial charge in [-0.05, 0) is 67.6 Å². The van der Waals surface area contributed by atoms with E-state index < -0.39 is 0 Å². The zero-order valence-corrected chi connectivity index (χ0v) is 21.0. The van der Waals surface area contributed by atoms with E-state index >= 15 is 0 Å². The number of nitrogens with two attached hydrogens (primary N) is 2. The average molecular weight is 505 g/mol. The van der Waals surface area contributed by atoms with Crippen LogP contribution in [0.25, 0.3) is 16.6 Å². The van der Waals surface area contributed by atoms with Crippen molar-refractivity contribution in [2.75, 3.05) is 12.4 Å². The third-order valence-electron chi connectivity index (χ3n) is 6.65. The molecule has 2 aromatic heterocycles. The minimum atomic E-state index is 0.0649. The molecule has 186 valence electrons.